The van der Waals surface area contributed by atoms with E-state index in [9.17, 15) is 4.79 Å². The van der Waals surface area contributed by atoms with Gasteiger partial charge >= 0.3 is 5.97 Å². The number of hydrogen-bond acceptors (Lipinski definition) is 3. The largest absolute Gasteiger partial charge is 0.481 e. The number of aliphatic hydroxyl groups is 1. The minimum absolute atomic E-state index is 0.0208. The van der Waals surface area contributed by atoms with Crippen LogP contribution in [0.2, 0.25) is 0 Å². The fourth-order valence-corrected chi connectivity index (χ4v) is 0.504. The van der Waals surface area contributed by atoms with Crippen LogP contribution < -0.4 is 5.73 Å². The Kier molecular flexibility index (Phi) is 3.19. The molecule has 54 valence electrons. The first-order valence-corrected chi connectivity index (χ1v) is 2.70. The lowest BCUT2D eigenvalue weighted by Crippen LogP contribution is -2.32. The van der Waals surface area contributed by atoms with E-state index >= 15 is 0 Å². The van der Waals surface area contributed by atoms with Gasteiger partial charge < -0.3 is 15.9 Å². The molecule has 0 radical (unpaired) electrons. The first-order valence-electron chi connectivity index (χ1n) is 2.70. The van der Waals surface area contributed by atoms with Gasteiger partial charge in [0.05, 0.1) is 12.0 Å². The maximum atomic E-state index is 10.1. The Morgan fingerprint density at radius 3 is 2.22 bits per heavy atom. The van der Waals surface area contributed by atoms with Gasteiger partial charge in [-0.15, -0.1) is 0 Å². The highest BCUT2D eigenvalue weighted by Crippen LogP contribution is 1.99. The molecule has 0 unspecified atom stereocenters. The van der Waals surface area contributed by atoms with Gasteiger partial charge in [0.2, 0.25) is 0 Å². The second kappa shape index (κ2) is 3.42. The van der Waals surface area contributed by atoms with Crippen molar-refractivity contribution in [1.29, 1.82) is 0 Å². The van der Waals surface area contributed by atoms with Crippen molar-refractivity contribution in [2.75, 3.05) is 6.54 Å². The predicted molar refractivity (Wildman–Crippen MR) is 31.9 cm³/mol. The fraction of sp³-hybridized carbons (Fsp3) is 0.800. The number of carboxylic acids is 1. The highest BCUT2D eigenvalue weighted by molar-refractivity contribution is 5.70. The van der Waals surface area contributed by atoms with Crippen molar-refractivity contribution in [3.63, 3.8) is 0 Å². The average molecular weight is 133 g/mol. The van der Waals surface area contributed by atoms with Gasteiger partial charge in [0.1, 0.15) is 0 Å². The maximum Gasteiger partial charge on any atom is 0.310 e. The van der Waals surface area contributed by atoms with Crippen LogP contribution in [0.1, 0.15) is 6.92 Å². The van der Waals surface area contributed by atoms with E-state index in [1.807, 2.05) is 0 Å². The lowest BCUT2D eigenvalue weighted by molar-refractivity contribution is -0.144. The predicted octanol–water partition coefficient (Wildman–Crippen LogP) is -0.973. The number of carbonyl (C=O) groups is 1. The van der Waals surface area contributed by atoms with Crippen molar-refractivity contribution in [1.82, 2.24) is 0 Å². The summed E-state index contributed by atoms with van der Waals surface area (Å²) in [6.45, 7) is 1.39. The molecule has 0 aromatic heterocycles. The molecule has 4 N–H and O–H groups in total. The van der Waals surface area contributed by atoms with Gasteiger partial charge in [-0.3, -0.25) is 4.79 Å². The molecule has 0 fully saturated rings. The third-order valence-electron chi connectivity index (χ3n) is 1.15. The third kappa shape index (κ3) is 2.43. The van der Waals surface area contributed by atoms with Gasteiger partial charge in [-0.2, -0.15) is 0 Å². The molecular formula is C5H11NO3. The van der Waals surface area contributed by atoms with Crippen molar-refractivity contribution in [2.24, 2.45) is 11.7 Å². The average Bonchev–Trinajstić information content (AvgIpc) is 1.64. The molecule has 0 bridgehead atoms. The number of rotatable bonds is 3. The molecule has 0 aliphatic rings. The summed E-state index contributed by atoms with van der Waals surface area (Å²) in [6.07, 6.45) is -0.868. The Morgan fingerprint density at radius 1 is 1.78 bits per heavy atom. The molecule has 0 aliphatic carbocycles. The van der Waals surface area contributed by atoms with Crippen molar-refractivity contribution >= 4 is 5.97 Å². The summed E-state index contributed by atoms with van der Waals surface area (Å²) < 4.78 is 0. The number of aliphatic carboxylic acids is 1. The van der Waals surface area contributed by atoms with Crippen LogP contribution in [0.5, 0.6) is 0 Å². The zero-order valence-electron chi connectivity index (χ0n) is 5.24. The molecule has 0 aromatic rings. The molecule has 0 aliphatic heterocycles. The molecule has 0 rings (SSSR count). The van der Waals surface area contributed by atoms with Crippen LogP contribution in [-0.2, 0) is 4.79 Å². The lowest BCUT2D eigenvalue weighted by Gasteiger charge is -2.11. The summed E-state index contributed by atoms with van der Waals surface area (Å²) >= 11 is 0. The van der Waals surface area contributed by atoms with Crippen LogP contribution in [0, 0.1) is 5.92 Å². The van der Waals surface area contributed by atoms with Crippen LogP contribution in [-0.4, -0.2) is 28.8 Å². The Morgan fingerprint density at radius 2 is 2.22 bits per heavy atom. The van der Waals surface area contributed by atoms with Crippen molar-refractivity contribution < 1.29 is 15.0 Å². The van der Waals surface area contributed by atoms with E-state index in [2.05, 4.69) is 0 Å². The molecule has 0 aromatic carbocycles. The molecule has 2 atom stereocenters. The van der Waals surface area contributed by atoms with Crippen LogP contribution in [0.15, 0.2) is 0 Å². The number of aliphatic hydroxyl groups excluding tert-OH is 1. The Bertz CT molecular complexity index is 102. The van der Waals surface area contributed by atoms with Gasteiger partial charge in [0, 0.05) is 6.54 Å². The minimum atomic E-state index is -1.05. The maximum absolute atomic E-state index is 10.1. The smallest absolute Gasteiger partial charge is 0.310 e. The molecule has 0 spiro atoms. The molecule has 0 heterocycles. The zero-order chi connectivity index (χ0) is 7.44. The quantitative estimate of drug-likeness (QED) is 0.462. The summed E-state index contributed by atoms with van der Waals surface area (Å²) in [5.41, 5.74) is 5.03. The second-order valence-corrected chi connectivity index (χ2v) is 1.92. The fourth-order valence-electron chi connectivity index (χ4n) is 0.504. The Balaban J connectivity index is 3.83. The second-order valence-electron chi connectivity index (χ2n) is 1.92. The summed E-state index contributed by atoms with van der Waals surface area (Å²) in [4.78, 5) is 10.1. The van der Waals surface area contributed by atoms with Gasteiger partial charge in [-0.25, -0.2) is 0 Å². The zero-order valence-corrected chi connectivity index (χ0v) is 5.24. The molecule has 0 saturated carbocycles. The van der Waals surface area contributed by atoms with Crippen LogP contribution in [0.25, 0.3) is 0 Å². The molecule has 0 amide bonds. The lowest BCUT2D eigenvalue weighted by atomic mass is 10.1. The van der Waals surface area contributed by atoms with E-state index in [0.717, 1.165) is 0 Å². The van der Waals surface area contributed by atoms with Crippen LogP contribution in [0.4, 0.5) is 0 Å². The number of carboxylic acid groups (broad SMARTS) is 1. The van der Waals surface area contributed by atoms with Gasteiger partial charge in [0.25, 0.3) is 0 Å². The van der Waals surface area contributed by atoms with Crippen molar-refractivity contribution in [3.8, 4) is 0 Å². The molecule has 9 heavy (non-hydrogen) atoms. The molecular weight excluding hydrogens is 122 g/mol. The highest BCUT2D eigenvalue weighted by Gasteiger charge is 2.20. The van der Waals surface area contributed by atoms with E-state index < -0.39 is 18.0 Å². The van der Waals surface area contributed by atoms with Crippen molar-refractivity contribution in [2.45, 2.75) is 13.0 Å². The summed E-state index contributed by atoms with van der Waals surface area (Å²) in [5, 5.41) is 17.0. The topological polar surface area (TPSA) is 83.5 Å². The van der Waals surface area contributed by atoms with E-state index in [0.29, 0.717) is 0 Å². The standard InChI is InChI=1S/C5H11NO3/c1-3(7)4(2-6)5(8)9/h3-4,7H,2,6H2,1H3,(H,8,9)/t3-,4-/m0/s1. The number of nitrogens with two attached hydrogens (primary N) is 1. The normalized spacial score (nSPS) is 16.8. The van der Waals surface area contributed by atoms with E-state index in [4.69, 9.17) is 15.9 Å². The minimum Gasteiger partial charge on any atom is -0.481 e. The molecule has 4 heteroatoms. The van der Waals surface area contributed by atoms with Crippen LogP contribution in [0.3, 0.4) is 0 Å². The van der Waals surface area contributed by atoms with E-state index in [1.165, 1.54) is 6.92 Å². The summed E-state index contributed by atoms with van der Waals surface area (Å²) in [5.74, 6) is -1.88. The van der Waals surface area contributed by atoms with Gasteiger partial charge in [0.15, 0.2) is 0 Å². The number of hydrogen-bond donors (Lipinski definition) is 3. The first-order chi connectivity index (χ1) is 4.09. The third-order valence-corrected chi connectivity index (χ3v) is 1.15. The van der Waals surface area contributed by atoms with Crippen LogP contribution >= 0.6 is 0 Å². The van der Waals surface area contributed by atoms with E-state index in [1.54, 1.807) is 0 Å². The van der Waals surface area contributed by atoms with Gasteiger partial charge in [-0.05, 0) is 6.92 Å². The summed E-state index contributed by atoms with van der Waals surface area (Å²) in [6, 6.07) is 0. The highest BCUT2D eigenvalue weighted by atomic mass is 16.4. The molecule has 4 nitrogen and oxygen atoms in total. The van der Waals surface area contributed by atoms with Gasteiger partial charge in [-0.1, -0.05) is 0 Å². The SMILES string of the molecule is C[C@H](O)[C@H](CN)C(=O)O. The Labute approximate surface area is 53.3 Å². The molecule has 0 saturated heterocycles. The Hall–Kier alpha value is -0.610. The monoisotopic (exact) mass is 133 g/mol. The first kappa shape index (κ1) is 8.39. The van der Waals surface area contributed by atoms with E-state index in [-0.39, 0.29) is 6.54 Å². The van der Waals surface area contributed by atoms with Crippen molar-refractivity contribution in [3.05, 3.63) is 0 Å². The summed E-state index contributed by atoms with van der Waals surface area (Å²) in [7, 11) is 0.